The Bertz CT molecular complexity index is 378. The molecule has 0 aliphatic carbocycles. The molecule has 1 N–H and O–H groups in total. The van der Waals surface area contributed by atoms with Crippen LogP contribution >= 0.6 is 22.9 Å². The lowest BCUT2D eigenvalue weighted by Gasteiger charge is -1.89. The molecule has 0 aromatic carbocycles. The van der Waals surface area contributed by atoms with Gasteiger partial charge in [-0.3, -0.25) is 0 Å². The number of nitrogens with zero attached hydrogens (tertiary/aromatic N) is 1. The van der Waals surface area contributed by atoms with E-state index in [-0.39, 0.29) is 0 Å². The SMILES string of the molecule is Cc1[nH]c(Cl)nc1-c1cccs1. The fraction of sp³-hybridized carbons (Fsp3) is 0.125. The lowest BCUT2D eigenvalue weighted by atomic mass is 10.3. The van der Waals surface area contributed by atoms with Crippen LogP contribution in [0.15, 0.2) is 17.5 Å². The van der Waals surface area contributed by atoms with Crippen molar-refractivity contribution >= 4 is 22.9 Å². The summed E-state index contributed by atoms with van der Waals surface area (Å²) in [6.07, 6.45) is 0. The molecule has 4 heteroatoms. The number of aromatic nitrogens is 2. The monoisotopic (exact) mass is 198 g/mol. The van der Waals surface area contributed by atoms with Gasteiger partial charge in [-0.15, -0.1) is 11.3 Å². The van der Waals surface area contributed by atoms with Crippen LogP contribution in [0.4, 0.5) is 0 Å². The molecule has 0 radical (unpaired) electrons. The van der Waals surface area contributed by atoms with Gasteiger partial charge in [0.05, 0.1) is 4.88 Å². The van der Waals surface area contributed by atoms with Crippen LogP contribution in [0.3, 0.4) is 0 Å². The van der Waals surface area contributed by atoms with Crippen LogP contribution in [-0.2, 0) is 0 Å². The Hall–Kier alpha value is -0.800. The molecule has 2 nitrogen and oxygen atoms in total. The minimum Gasteiger partial charge on any atom is -0.332 e. The Morgan fingerprint density at radius 3 is 2.92 bits per heavy atom. The van der Waals surface area contributed by atoms with E-state index in [0.29, 0.717) is 5.28 Å². The Labute approximate surface area is 79.2 Å². The minimum atomic E-state index is 0.455. The average Bonchev–Trinajstić information content (AvgIpc) is 2.58. The molecular weight excluding hydrogens is 192 g/mol. The number of imidazole rings is 1. The largest absolute Gasteiger partial charge is 0.332 e. The number of aromatic amines is 1. The van der Waals surface area contributed by atoms with E-state index in [9.17, 15) is 0 Å². The van der Waals surface area contributed by atoms with Gasteiger partial charge in [0.2, 0.25) is 5.28 Å². The number of rotatable bonds is 1. The summed E-state index contributed by atoms with van der Waals surface area (Å²) in [5.74, 6) is 0. The molecule has 0 saturated heterocycles. The second kappa shape index (κ2) is 2.92. The molecule has 0 unspecified atom stereocenters. The standard InChI is InChI=1S/C8H7ClN2S/c1-5-7(11-8(9)10-5)6-3-2-4-12-6/h2-4H,1H3,(H,10,11). The molecule has 0 aliphatic rings. The third-order valence-corrected chi connectivity index (χ3v) is 2.67. The molecule has 0 atom stereocenters. The van der Waals surface area contributed by atoms with Gasteiger partial charge in [-0.25, -0.2) is 4.98 Å². The van der Waals surface area contributed by atoms with Crippen molar-refractivity contribution in [3.63, 3.8) is 0 Å². The predicted molar refractivity (Wildman–Crippen MR) is 51.6 cm³/mol. The van der Waals surface area contributed by atoms with Crippen molar-refractivity contribution in [1.82, 2.24) is 9.97 Å². The molecule has 2 aromatic heterocycles. The van der Waals surface area contributed by atoms with E-state index >= 15 is 0 Å². The summed E-state index contributed by atoms with van der Waals surface area (Å²) < 4.78 is 0. The predicted octanol–water partition coefficient (Wildman–Crippen LogP) is 3.10. The number of thiophene rings is 1. The first-order chi connectivity index (χ1) is 5.77. The van der Waals surface area contributed by atoms with Crippen molar-refractivity contribution in [3.8, 4) is 10.6 Å². The zero-order chi connectivity index (χ0) is 8.55. The van der Waals surface area contributed by atoms with E-state index in [0.717, 1.165) is 16.3 Å². The van der Waals surface area contributed by atoms with Crippen molar-refractivity contribution in [1.29, 1.82) is 0 Å². The highest BCUT2D eigenvalue weighted by Gasteiger charge is 2.07. The number of halogens is 1. The summed E-state index contributed by atoms with van der Waals surface area (Å²) >= 11 is 7.38. The molecule has 0 fully saturated rings. The van der Waals surface area contributed by atoms with Gasteiger partial charge in [0.1, 0.15) is 5.69 Å². The number of hydrogen-bond donors (Lipinski definition) is 1. The van der Waals surface area contributed by atoms with Crippen molar-refractivity contribution in [2.24, 2.45) is 0 Å². The first-order valence-electron chi connectivity index (χ1n) is 3.53. The topological polar surface area (TPSA) is 28.7 Å². The number of H-pyrrole nitrogens is 1. The van der Waals surface area contributed by atoms with E-state index in [1.165, 1.54) is 0 Å². The first kappa shape index (κ1) is 7.83. The lowest BCUT2D eigenvalue weighted by molar-refractivity contribution is 1.25. The van der Waals surface area contributed by atoms with E-state index in [4.69, 9.17) is 11.6 Å². The summed E-state index contributed by atoms with van der Waals surface area (Å²) in [5, 5.41) is 2.48. The van der Waals surface area contributed by atoms with E-state index < -0.39 is 0 Å². The maximum absolute atomic E-state index is 5.72. The van der Waals surface area contributed by atoms with Crippen LogP contribution in [0.1, 0.15) is 5.69 Å². The van der Waals surface area contributed by atoms with E-state index in [1.54, 1.807) is 11.3 Å². The second-order valence-corrected chi connectivity index (χ2v) is 3.78. The normalized spacial score (nSPS) is 10.5. The average molecular weight is 199 g/mol. The fourth-order valence-corrected chi connectivity index (χ4v) is 2.07. The maximum atomic E-state index is 5.72. The van der Waals surface area contributed by atoms with Gasteiger partial charge in [-0.05, 0) is 30.0 Å². The van der Waals surface area contributed by atoms with Gasteiger partial charge in [0.15, 0.2) is 0 Å². The van der Waals surface area contributed by atoms with Gasteiger partial charge in [-0.2, -0.15) is 0 Å². The quantitative estimate of drug-likeness (QED) is 0.750. The third kappa shape index (κ3) is 1.26. The smallest absolute Gasteiger partial charge is 0.200 e. The van der Waals surface area contributed by atoms with Crippen LogP contribution in [0.2, 0.25) is 5.28 Å². The number of nitrogens with one attached hydrogen (secondary N) is 1. The highest BCUT2D eigenvalue weighted by atomic mass is 35.5. The Balaban J connectivity index is 2.54. The van der Waals surface area contributed by atoms with Gasteiger partial charge >= 0.3 is 0 Å². The number of aryl methyl sites for hydroxylation is 1. The van der Waals surface area contributed by atoms with Gasteiger partial charge in [0.25, 0.3) is 0 Å². The highest BCUT2D eigenvalue weighted by Crippen LogP contribution is 2.26. The van der Waals surface area contributed by atoms with Crippen LogP contribution in [0, 0.1) is 6.92 Å². The Morgan fingerprint density at radius 2 is 2.42 bits per heavy atom. The summed E-state index contributed by atoms with van der Waals surface area (Å²) in [6.45, 7) is 1.97. The molecule has 62 valence electrons. The summed E-state index contributed by atoms with van der Waals surface area (Å²) in [6, 6.07) is 4.03. The van der Waals surface area contributed by atoms with Crippen molar-refractivity contribution in [3.05, 3.63) is 28.5 Å². The lowest BCUT2D eigenvalue weighted by Crippen LogP contribution is -1.74. The zero-order valence-corrected chi connectivity index (χ0v) is 8.04. The molecular formula is C8H7ClN2S. The Morgan fingerprint density at radius 1 is 1.58 bits per heavy atom. The Kier molecular flexibility index (Phi) is 1.90. The van der Waals surface area contributed by atoms with E-state index in [1.807, 2.05) is 24.4 Å². The van der Waals surface area contributed by atoms with Gasteiger partial charge in [0, 0.05) is 5.69 Å². The molecule has 2 rings (SSSR count). The van der Waals surface area contributed by atoms with Crippen molar-refractivity contribution in [2.45, 2.75) is 6.92 Å². The van der Waals surface area contributed by atoms with E-state index in [2.05, 4.69) is 9.97 Å². The summed E-state index contributed by atoms with van der Waals surface area (Å²) in [5.41, 5.74) is 1.97. The second-order valence-electron chi connectivity index (χ2n) is 2.48. The van der Waals surface area contributed by atoms with Crippen molar-refractivity contribution in [2.75, 3.05) is 0 Å². The summed E-state index contributed by atoms with van der Waals surface area (Å²) in [7, 11) is 0. The molecule has 0 spiro atoms. The molecule has 2 heterocycles. The van der Waals surface area contributed by atoms with Crippen LogP contribution in [-0.4, -0.2) is 9.97 Å². The highest BCUT2D eigenvalue weighted by molar-refractivity contribution is 7.13. The zero-order valence-electron chi connectivity index (χ0n) is 6.47. The fourth-order valence-electron chi connectivity index (χ4n) is 1.08. The third-order valence-electron chi connectivity index (χ3n) is 1.61. The molecule has 2 aromatic rings. The number of hydrogen-bond acceptors (Lipinski definition) is 2. The minimum absolute atomic E-state index is 0.455. The summed E-state index contributed by atoms with van der Waals surface area (Å²) in [4.78, 5) is 8.28. The molecule has 0 saturated carbocycles. The van der Waals surface area contributed by atoms with Crippen molar-refractivity contribution < 1.29 is 0 Å². The van der Waals surface area contributed by atoms with Crippen LogP contribution in [0.25, 0.3) is 10.6 Å². The van der Waals surface area contributed by atoms with Gasteiger partial charge in [-0.1, -0.05) is 6.07 Å². The molecule has 0 amide bonds. The molecule has 0 bridgehead atoms. The first-order valence-corrected chi connectivity index (χ1v) is 4.79. The molecule has 12 heavy (non-hydrogen) atoms. The van der Waals surface area contributed by atoms with Crippen LogP contribution in [0.5, 0.6) is 0 Å². The van der Waals surface area contributed by atoms with Crippen LogP contribution < -0.4 is 0 Å². The van der Waals surface area contributed by atoms with Gasteiger partial charge < -0.3 is 4.98 Å². The maximum Gasteiger partial charge on any atom is 0.200 e. The molecule has 0 aliphatic heterocycles.